The Labute approximate surface area is 414 Å². The summed E-state index contributed by atoms with van der Waals surface area (Å²) < 4.78 is 21.2. The van der Waals surface area contributed by atoms with Crippen LogP contribution >= 0.6 is 11.8 Å². The molecule has 26 heteroatoms. The number of nitrogens with two attached hydrogens (primary N) is 1. The Morgan fingerprint density at radius 1 is 0.778 bits per heavy atom. The Hall–Kier alpha value is -8.39. The van der Waals surface area contributed by atoms with Crippen LogP contribution in [0.25, 0.3) is 0 Å². The van der Waals surface area contributed by atoms with Gasteiger partial charge in [-0.05, 0) is 83.6 Å². The molecule has 0 radical (unpaired) electrons. The van der Waals surface area contributed by atoms with Gasteiger partial charge in [-0.3, -0.25) is 44.8 Å². The zero-order valence-electron chi connectivity index (χ0n) is 38.5. The lowest BCUT2D eigenvalue weighted by Gasteiger charge is -2.27. The van der Waals surface area contributed by atoms with Crippen LogP contribution in [0.4, 0.5) is 31.4 Å². The van der Waals surface area contributed by atoms with Crippen LogP contribution in [0, 0.1) is 30.3 Å². The van der Waals surface area contributed by atoms with Gasteiger partial charge in [0.25, 0.3) is 17.1 Å². The number of benzene rings is 4. The van der Waals surface area contributed by atoms with Crippen LogP contribution in [-0.2, 0) is 49.4 Å². The number of rotatable bonds is 19. The van der Waals surface area contributed by atoms with Gasteiger partial charge in [0, 0.05) is 86.0 Å². The van der Waals surface area contributed by atoms with E-state index in [-0.39, 0.29) is 61.1 Å². The second kappa shape index (κ2) is 24.9. The Morgan fingerprint density at radius 3 is 1.82 bits per heavy atom. The molecule has 0 aliphatic carbocycles. The largest absolute Gasteiger partial charge is 0.497 e. The van der Waals surface area contributed by atoms with Crippen LogP contribution in [-0.4, -0.2) is 127 Å². The molecule has 4 N–H and O–H groups in total. The van der Waals surface area contributed by atoms with Gasteiger partial charge in [0.1, 0.15) is 37.7 Å². The zero-order valence-corrected chi connectivity index (χ0v) is 39.3. The molecule has 4 aromatic carbocycles. The topological polar surface area (TPSA) is 332 Å². The summed E-state index contributed by atoms with van der Waals surface area (Å²) in [5.41, 5.74) is 7.75. The minimum atomic E-state index is -1.76. The van der Waals surface area contributed by atoms with E-state index in [0.717, 1.165) is 5.56 Å². The number of amides is 5. The highest BCUT2D eigenvalue weighted by Crippen LogP contribution is 2.33. The van der Waals surface area contributed by atoms with Gasteiger partial charge in [-0.1, -0.05) is 12.1 Å². The Bertz CT molecular complexity index is 2640. The third kappa shape index (κ3) is 14.8. The predicted octanol–water partition coefficient (Wildman–Crippen LogP) is 5.19. The summed E-state index contributed by atoms with van der Waals surface area (Å²) in [6.07, 6.45) is -4.82. The molecular weight excluding hydrogens is 967 g/mol. The van der Waals surface area contributed by atoms with Crippen molar-refractivity contribution in [1.29, 1.82) is 0 Å². The fourth-order valence-electron chi connectivity index (χ4n) is 7.48. The van der Waals surface area contributed by atoms with Gasteiger partial charge < -0.3 is 40.0 Å². The van der Waals surface area contributed by atoms with Crippen LogP contribution in [0.15, 0.2) is 102 Å². The molecule has 0 bridgehead atoms. The fraction of sp³-hybridized carbons (Fsp3) is 0.348. The van der Waals surface area contributed by atoms with Crippen molar-refractivity contribution in [2.75, 3.05) is 33.3 Å². The Morgan fingerprint density at radius 2 is 1.29 bits per heavy atom. The van der Waals surface area contributed by atoms with Gasteiger partial charge in [0.05, 0.1) is 21.9 Å². The third-order valence-electron chi connectivity index (χ3n) is 11.4. The van der Waals surface area contributed by atoms with E-state index in [1.54, 1.807) is 18.9 Å². The van der Waals surface area contributed by atoms with E-state index in [1.807, 2.05) is 24.3 Å². The van der Waals surface area contributed by atoms with Crippen molar-refractivity contribution in [3.63, 3.8) is 0 Å². The number of hydrogen-bond acceptors (Lipinski definition) is 17. The average Bonchev–Trinajstić information content (AvgIpc) is 4.04. The number of nitrogens with one attached hydrogen (secondary N) is 1. The maximum absolute atomic E-state index is 14.2. The number of ether oxygens (including phenoxy) is 4. The number of aliphatic hydroxyl groups is 1. The molecule has 4 aromatic rings. The molecule has 25 nitrogen and oxygen atoms in total. The number of guanidine groups is 1. The number of methoxy groups -OCH3 is 1. The number of nitro benzene ring substituents is 3. The second-order valence-electron chi connectivity index (χ2n) is 16.3. The summed E-state index contributed by atoms with van der Waals surface area (Å²) in [6, 6.07) is 21.7. The molecule has 2 aliphatic rings. The number of carbonyl (C=O) groups is 5. The van der Waals surface area contributed by atoms with Crippen LogP contribution in [0.5, 0.6) is 5.75 Å². The van der Waals surface area contributed by atoms with Crippen molar-refractivity contribution in [2.24, 2.45) is 10.7 Å². The highest BCUT2D eigenvalue weighted by atomic mass is 32.2. The van der Waals surface area contributed by atoms with Gasteiger partial charge in [-0.25, -0.2) is 19.3 Å². The lowest BCUT2D eigenvalue weighted by atomic mass is 10.2. The van der Waals surface area contributed by atoms with E-state index < -0.39 is 82.7 Å². The number of aliphatic imine (C=N–C) groups is 1. The van der Waals surface area contributed by atoms with Gasteiger partial charge in [-0.2, -0.15) is 11.8 Å². The number of carbonyl (C=O) groups excluding carboxylic acids is 5. The van der Waals surface area contributed by atoms with Crippen molar-refractivity contribution in [1.82, 2.24) is 20.0 Å². The van der Waals surface area contributed by atoms with Crippen LogP contribution in [0.3, 0.4) is 0 Å². The molecule has 2 saturated heterocycles. The first-order valence-corrected chi connectivity index (χ1v) is 23.1. The van der Waals surface area contributed by atoms with Crippen LogP contribution in [0.2, 0.25) is 0 Å². The number of likely N-dealkylation sites (tertiary alicyclic amines) is 2. The highest BCUT2D eigenvalue weighted by Gasteiger charge is 2.44. The zero-order chi connectivity index (χ0) is 51.9. The number of hydrogen-bond donors (Lipinski definition) is 3. The van der Waals surface area contributed by atoms with E-state index in [1.165, 1.54) is 82.6 Å². The first-order chi connectivity index (χ1) is 34.5. The molecule has 2 fully saturated rings. The second-order valence-corrected chi connectivity index (χ2v) is 17.6. The maximum Gasteiger partial charge on any atom is 0.437 e. The van der Waals surface area contributed by atoms with Gasteiger partial charge >= 0.3 is 18.3 Å². The molecule has 2 heterocycles. The van der Waals surface area contributed by atoms with Crippen LogP contribution < -0.4 is 15.8 Å². The number of nitro groups is 3. The van der Waals surface area contributed by atoms with E-state index in [2.05, 4.69) is 10.3 Å². The van der Waals surface area contributed by atoms with Crippen molar-refractivity contribution < 1.29 is 62.8 Å². The van der Waals surface area contributed by atoms with Gasteiger partial charge in [0.15, 0.2) is 0 Å². The van der Waals surface area contributed by atoms with Crippen molar-refractivity contribution in [3.8, 4) is 5.75 Å². The summed E-state index contributed by atoms with van der Waals surface area (Å²) in [7, 11) is 1.57. The van der Waals surface area contributed by atoms with E-state index >= 15 is 0 Å². The highest BCUT2D eigenvalue weighted by molar-refractivity contribution is 7.99. The summed E-state index contributed by atoms with van der Waals surface area (Å²) in [6.45, 7) is -1.07. The standard InChI is InChI=1S/C46H49N9O16S/c1-68-37-16-8-32(9-17-37)28-72-38-22-39(52(24-38)46(61)71-27-31-6-14-36(15-7-31)55(66)67)42(58)50-20-18-33(23-50)48-41(57)40(56)19-21-51(45(60)70-26-30-4-12-35(13-5-30)54(64)65)43(47)49-44(59)69-25-29-2-10-34(11-3-29)53(62)63/h2-17,33,38-40,56H,18-28H2,1H3,(H,48,57)(H2,47,49,59)/t33-,38-,39-,40?/m0/s1. The summed E-state index contributed by atoms with van der Waals surface area (Å²) in [5.74, 6) is -0.702. The molecule has 5 amide bonds. The SMILES string of the molecule is COc1ccc(CS[C@H]2C[C@@H](C(=O)N3CC[C@H](NC(=O)C(O)CCN(C(=O)OCc4ccc([N+](=O)[O-])cc4)C(N)=NC(=O)OCc4ccc([N+](=O)[O-])cc4)C3)N(C(=O)OCc3ccc([N+](=O)[O-])cc3)C2)cc1. The van der Waals surface area contributed by atoms with Crippen molar-refractivity contribution in [2.45, 2.75) is 68.3 Å². The molecule has 2 aliphatic heterocycles. The summed E-state index contributed by atoms with van der Waals surface area (Å²) in [5, 5.41) is 46.7. The van der Waals surface area contributed by atoms with Gasteiger partial charge in [0.2, 0.25) is 17.8 Å². The smallest absolute Gasteiger partial charge is 0.437 e. The molecule has 72 heavy (non-hydrogen) atoms. The van der Waals surface area contributed by atoms with Gasteiger partial charge in [-0.15, -0.1) is 4.99 Å². The summed E-state index contributed by atoms with van der Waals surface area (Å²) in [4.78, 5) is 106. The predicted molar refractivity (Wildman–Crippen MR) is 255 cm³/mol. The third-order valence-corrected chi connectivity index (χ3v) is 12.7. The minimum Gasteiger partial charge on any atom is -0.497 e. The molecule has 4 atom stereocenters. The number of thioether (sulfide) groups is 1. The molecule has 1 unspecified atom stereocenters. The fourth-order valence-corrected chi connectivity index (χ4v) is 8.69. The summed E-state index contributed by atoms with van der Waals surface area (Å²) >= 11 is 1.57. The van der Waals surface area contributed by atoms with E-state index in [0.29, 0.717) is 45.9 Å². The number of nitrogens with zero attached hydrogens (tertiary/aromatic N) is 7. The monoisotopic (exact) mass is 1020 g/mol. The normalized spacial score (nSPS) is 16.8. The first kappa shape index (κ1) is 53.0. The van der Waals surface area contributed by atoms with E-state index in [9.17, 15) is 59.4 Å². The Kier molecular flexibility index (Phi) is 18.4. The molecule has 0 aromatic heterocycles. The van der Waals surface area contributed by atoms with Crippen LogP contribution in [0.1, 0.15) is 41.5 Å². The van der Waals surface area contributed by atoms with Crippen molar-refractivity contribution >= 4 is 64.9 Å². The number of non-ortho nitro benzene ring substituents is 3. The lowest BCUT2D eigenvalue weighted by molar-refractivity contribution is -0.385. The van der Waals surface area contributed by atoms with E-state index in [4.69, 9.17) is 24.7 Å². The average molecular weight is 1020 g/mol. The quantitative estimate of drug-likeness (QED) is 0.0357. The Balaban J connectivity index is 1.06. The molecule has 6 rings (SSSR count). The molecule has 0 saturated carbocycles. The maximum atomic E-state index is 14.2. The van der Waals surface area contributed by atoms with Crippen molar-refractivity contribution in [3.05, 3.63) is 150 Å². The molecular formula is C46H49N9O16S. The molecule has 0 spiro atoms. The number of aliphatic hydroxyl groups excluding tert-OH is 1. The first-order valence-electron chi connectivity index (χ1n) is 22.1. The molecule has 380 valence electrons. The lowest BCUT2D eigenvalue weighted by Crippen LogP contribution is -2.49. The minimum absolute atomic E-state index is 0.0336.